The fraction of sp³-hybridized carbons (Fsp3) is 0.562. The first kappa shape index (κ1) is 17.8. The summed E-state index contributed by atoms with van der Waals surface area (Å²) in [5.41, 5.74) is 2.06. The van der Waals surface area contributed by atoms with E-state index in [1.807, 2.05) is 23.1 Å². The fourth-order valence-corrected chi connectivity index (χ4v) is 2.25. The first-order valence-electron chi connectivity index (χ1n) is 7.45. The van der Waals surface area contributed by atoms with Crippen LogP contribution in [0, 0.1) is 0 Å². The number of hydrogen-bond acceptors (Lipinski definition) is 3. The molecule has 0 unspecified atom stereocenters. The van der Waals surface area contributed by atoms with Crippen LogP contribution in [0.2, 0.25) is 5.02 Å². The number of nitrogens with zero attached hydrogens (tertiary/aromatic N) is 1. The Morgan fingerprint density at radius 2 is 2.10 bits per heavy atom. The highest BCUT2D eigenvalue weighted by molar-refractivity contribution is 6.31. The normalized spacial score (nSPS) is 10.8. The molecular formula is C16H26ClN3O. The molecule has 5 heteroatoms. The van der Waals surface area contributed by atoms with Crippen molar-refractivity contribution in [1.29, 1.82) is 0 Å². The lowest BCUT2D eigenvalue weighted by molar-refractivity contribution is -0.119. The molecule has 0 spiro atoms. The Bertz CT molecular complexity index is 463. The average Bonchev–Trinajstić information content (AvgIpc) is 2.45. The zero-order valence-corrected chi connectivity index (χ0v) is 14.1. The van der Waals surface area contributed by atoms with Gasteiger partial charge in [0.05, 0.1) is 6.54 Å². The van der Waals surface area contributed by atoms with Gasteiger partial charge in [0.2, 0.25) is 5.91 Å². The first-order chi connectivity index (χ1) is 9.97. The van der Waals surface area contributed by atoms with Crippen molar-refractivity contribution in [2.45, 2.75) is 39.8 Å². The topological polar surface area (TPSA) is 44.4 Å². The monoisotopic (exact) mass is 311 g/mol. The maximum Gasteiger partial charge on any atom is 0.239 e. The zero-order valence-electron chi connectivity index (χ0n) is 13.4. The van der Waals surface area contributed by atoms with Crippen LogP contribution in [-0.4, -0.2) is 32.1 Å². The van der Waals surface area contributed by atoms with E-state index in [-0.39, 0.29) is 5.91 Å². The molecule has 0 bridgehead atoms. The lowest BCUT2D eigenvalue weighted by Crippen LogP contribution is -2.36. The highest BCUT2D eigenvalue weighted by Crippen LogP contribution is 2.24. The molecule has 118 valence electrons. The van der Waals surface area contributed by atoms with Crippen LogP contribution in [0.25, 0.3) is 0 Å². The molecule has 0 aliphatic rings. The second-order valence-electron chi connectivity index (χ2n) is 5.41. The van der Waals surface area contributed by atoms with Gasteiger partial charge >= 0.3 is 0 Å². The standard InChI is InChI=1S/C16H26ClN3O/c1-5-8-20(11-16(21)18-4)14-7-6-13(15(17)9-14)10-19-12(2)3/h6-7,9,12,19H,5,8,10-11H2,1-4H3,(H,18,21). The van der Waals surface area contributed by atoms with Gasteiger partial charge in [0.1, 0.15) is 0 Å². The van der Waals surface area contributed by atoms with Crippen molar-refractivity contribution >= 4 is 23.2 Å². The molecule has 0 fully saturated rings. The average molecular weight is 312 g/mol. The number of rotatable bonds is 8. The predicted octanol–water partition coefficient (Wildman–Crippen LogP) is 2.80. The van der Waals surface area contributed by atoms with E-state index >= 15 is 0 Å². The Balaban J connectivity index is 2.84. The highest BCUT2D eigenvalue weighted by atomic mass is 35.5. The summed E-state index contributed by atoms with van der Waals surface area (Å²) in [5, 5.41) is 6.75. The largest absolute Gasteiger partial charge is 0.362 e. The van der Waals surface area contributed by atoms with Gasteiger partial charge in [-0.05, 0) is 24.1 Å². The van der Waals surface area contributed by atoms with Gasteiger partial charge in [0.15, 0.2) is 0 Å². The number of halogens is 1. The molecule has 4 nitrogen and oxygen atoms in total. The van der Waals surface area contributed by atoms with E-state index in [0.717, 1.165) is 35.8 Å². The van der Waals surface area contributed by atoms with Gasteiger partial charge in [-0.25, -0.2) is 0 Å². The van der Waals surface area contributed by atoms with Crippen LogP contribution in [0.3, 0.4) is 0 Å². The van der Waals surface area contributed by atoms with E-state index in [1.54, 1.807) is 7.05 Å². The minimum atomic E-state index is 0.00474. The van der Waals surface area contributed by atoms with Gasteiger partial charge in [-0.15, -0.1) is 0 Å². The summed E-state index contributed by atoms with van der Waals surface area (Å²) in [7, 11) is 1.65. The van der Waals surface area contributed by atoms with Crippen LogP contribution in [0.4, 0.5) is 5.69 Å². The van der Waals surface area contributed by atoms with Crippen LogP contribution in [0.1, 0.15) is 32.8 Å². The lowest BCUT2D eigenvalue weighted by atomic mass is 10.1. The van der Waals surface area contributed by atoms with Crippen LogP contribution < -0.4 is 15.5 Å². The van der Waals surface area contributed by atoms with Crippen molar-refractivity contribution < 1.29 is 4.79 Å². The van der Waals surface area contributed by atoms with Gasteiger partial charge in [-0.3, -0.25) is 4.79 Å². The molecule has 0 radical (unpaired) electrons. The third-order valence-electron chi connectivity index (χ3n) is 3.21. The SMILES string of the molecule is CCCN(CC(=O)NC)c1ccc(CNC(C)C)c(Cl)c1. The molecule has 0 aliphatic heterocycles. The fourth-order valence-electron chi connectivity index (χ4n) is 2.01. The minimum Gasteiger partial charge on any atom is -0.362 e. The van der Waals surface area contributed by atoms with E-state index in [2.05, 4.69) is 31.4 Å². The van der Waals surface area contributed by atoms with E-state index < -0.39 is 0 Å². The second-order valence-corrected chi connectivity index (χ2v) is 5.81. The van der Waals surface area contributed by atoms with Crippen LogP contribution in [0.5, 0.6) is 0 Å². The molecule has 1 aromatic rings. The Hall–Kier alpha value is -1.26. The van der Waals surface area contributed by atoms with Gasteiger partial charge in [-0.2, -0.15) is 0 Å². The van der Waals surface area contributed by atoms with Crippen molar-refractivity contribution in [3.05, 3.63) is 28.8 Å². The minimum absolute atomic E-state index is 0.00474. The molecule has 0 aromatic heterocycles. The molecule has 0 heterocycles. The molecule has 0 atom stereocenters. The number of benzene rings is 1. The van der Waals surface area contributed by atoms with Crippen molar-refractivity contribution in [2.24, 2.45) is 0 Å². The quantitative estimate of drug-likeness (QED) is 0.776. The van der Waals surface area contributed by atoms with Gasteiger partial charge in [0.25, 0.3) is 0 Å². The van der Waals surface area contributed by atoms with E-state index in [1.165, 1.54) is 0 Å². The summed E-state index contributed by atoms with van der Waals surface area (Å²) in [6, 6.07) is 6.42. The van der Waals surface area contributed by atoms with E-state index in [9.17, 15) is 4.79 Å². The number of likely N-dealkylation sites (N-methyl/N-ethyl adjacent to an activating group) is 1. The lowest BCUT2D eigenvalue weighted by Gasteiger charge is -2.24. The third kappa shape index (κ3) is 5.94. The van der Waals surface area contributed by atoms with Crippen LogP contribution in [-0.2, 0) is 11.3 Å². The number of carbonyl (C=O) groups is 1. The summed E-state index contributed by atoms with van der Waals surface area (Å²) in [6.07, 6.45) is 0.977. The van der Waals surface area contributed by atoms with Crippen molar-refractivity contribution in [3.8, 4) is 0 Å². The first-order valence-corrected chi connectivity index (χ1v) is 7.83. The van der Waals surface area contributed by atoms with Gasteiger partial charge in [-0.1, -0.05) is 38.4 Å². The third-order valence-corrected chi connectivity index (χ3v) is 3.56. The number of anilines is 1. The van der Waals surface area contributed by atoms with Crippen molar-refractivity contribution in [2.75, 3.05) is 25.0 Å². The smallest absolute Gasteiger partial charge is 0.239 e. The predicted molar refractivity (Wildman–Crippen MR) is 90.0 cm³/mol. The maximum absolute atomic E-state index is 11.6. The molecule has 1 amide bonds. The van der Waals surface area contributed by atoms with Gasteiger partial charge < -0.3 is 15.5 Å². The number of nitrogens with one attached hydrogen (secondary N) is 2. The summed E-state index contributed by atoms with van der Waals surface area (Å²) < 4.78 is 0. The summed E-state index contributed by atoms with van der Waals surface area (Å²) in [5.74, 6) is 0.00474. The number of carbonyl (C=O) groups excluding carboxylic acids is 1. The number of amides is 1. The molecule has 1 aromatic carbocycles. The highest BCUT2D eigenvalue weighted by Gasteiger charge is 2.11. The van der Waals surface area contributed by atoms with Crippen LogP contribution >= 0.6 is 11.6 Å². The van der Waals surface area contributed by atoms with Crippen molar-refractivity contribution in [3.63, 3.8) is 0 Å². The Morgan fingerprint density at radius 1 is 1.38 bits per heavy atom. The summed E-state index contributed by atoms with van der Waals surface area (Å²) in [6.45, 7) is 8.24. The van der Waals surface area contributed by atoms with Crippen molar-refractivity contribution in [1.82, 2.24) is 10.6 Å². The molecule has 21 heavy (non-hydrogen) atoms. The molecule has 0 aliphatic carbocycles. The molecule has 0 saturated heterocycles. The Morgan fingerprint density at radius 3 is 2.62 bits per heavy atom. The van der Waals surface area contributed by atoms with E-state index in [4.69, 9.17) is 11.6 Å². The Kier molecular flexibility index (Phi) is 7.54. The number of hydrogen-bond donors (Lipinski definition) is 2. The summed E-state index contributed by atoms with van der Waals surface area (Å²) in [4.78, 5) is 13.6. The molecule has 0 saturated carbocycles. The molecular weight excluding hydrogens is 286 g/mol. The maximum atomic E-state index is 11.6. The van der Waals surface area contributed by atoms with Crippen LogP contribution in [0.15, 0.2) is 18.2 Å². The second kappa shape index (κ2) is 8.90. The molecule has 1 rings (SSSR count). The summed E-state index contributed by atoms with van der Waals surface area (Å²) >= 11 is 6.36. The van der Waals surface area contributed by atoms with Gasteiger partial charge in [0, 0.05) is 36.9 Å². The zero-order chi connectivity index (χ0) is 15.8. The Labute approximate surface area is 132 Å². The molecule has 2 N–H and O–H groups in total. The van der Waals surface area contributed by atoms with E-state index in [0.29, 0.717) is 12.6 Å².